The fourth-order valence-electron chi connectivity index (χ4n) is 2.10. The van der Waals surface area contributed by atoms with Crippen LogP contribution in [-0.4, -0.2) is 23.1 Å². The van der Waals surface area contributed by atoms with Crippen LogP contribution in [0.3, 0.4) is 0 Å². The zero-order chi connectivity index (χ0) is 18.5. The predicted octanol–water partition coefficient (Wildman–Crippen LogP) is 4.22. The summed E-state index contributed by atoms with van der Waals surface area (Å²) in [6, 6.07) is 9.10. The van der Waals surface area contributed by atoms with Crippen molar-refractivity contribution < 1.29 is 18.8 Å². The SMILES string of the molecule is Cc1cc(NC(=O)[C@H](C)OC(=O)/C(=C\c2cccs2)c2cccs2)on1. The van der Waals surface area contributed by atoms with Gasteiger partial charge >= 0.3 is 5.97 Å². The van der Waals surface area contributed by atoms with E-state index in [1.165, 1.54) is 29.6 Å². The summed E-state index contributed by atoms with van der Waals surface area (Å²) in [6.45, 7) is 3.25. The second kappa shape index (κ2) is 8.11. The standard InChI is InChI=1S/C18H16N2O4S2/c1-11-9-16(24-20-11)19-17(21)12(2)23-18(22)14(15-6-4-8-26-15)10-13-5-3-7-25-13/h3-10,12H,1-2H3,(H,19,21)/b14-10-/t12-/m0/s1. The van der Waals surface area contributed by atoms with Gasteiger partial charge < -0.3 is 9.26 Å². The van der Waals surface area contributed by atoms with Crippen molar-refractivity contribution in [1.29, 1.82) is 0 Å². The highest BCUT2D eigenvalue weighted by atomic mass is 32.1. The molecule has 1 atom stereocenters. The topological polar surface area (TPSA) is 81.4 Å². The van der Waals surface area contributed by atoms with Crippen molar-refractivity contribution in [3.63, 3.8) is 0 Å². The highest BCUT2D eigenvalue weighted by Gasteiger charge is 2.23. The number of carbonyl (C=O) groups is 2. The summed E-state index contributed by atoms with van der Waals surface area (Å²) in [5.74, 6) is -0.837. The molecule has 0 bridgehead atoms. The van der Waals surface area contributed by atoms with Crippen molar-refractivity contribution in [2.24, 2.45) is 0 Å². The molecule has 0 aromatic carbocycles. The van der Waals surface area contributed by atoms with Gasteiger partial charge in [-0.15, -0.1) is 22.7 Å². The summed E-state index contributed by atoms with van der Waals surface area (Å²) in [6.07, 6.45) is 0.781. The molecule has 0 aliphatic carbocycles. The van der Waals surface area contributed by atoms with Crippen molar-refractivity contribution in [3.05, 3.63) is 56.5 Å². The molecule has 0 saturated heterocycles. The van der Waals surface area contributed by atoms with Crippen LogP contribution in [0.4, 0.5) is 5.88 Å². The summed E-state index contributed by atoms with van der Waals surface area (Å²) in [7, 11) is 0. The number of amides is 1. The van der Waals surface area contributed by atoms with Crippen molar-refractivity contribution in [1.82, 2.24) is 5.16 Å². The number of thiophene rings is 2. The Bertz CT molecular complexity index is 911. The molecule has 1 N–H and O–H groups in total. The molecule has 26 heavy (non-hydrogen) atoms. The number of ether oxygens (including phenoxy) is 1. The molecule has 134 valence electrons. The average molecular weight is 388 g/mol. The quantitative estimate of drug-likeness (QED) is 0.505. The lowest BCUT2D eigenvalue weighted by Crippen LogP contribution is -2.30. The van der Waals surface area contributed by atoms with Crippen molar-refractivity contribution >= 4 is 52.1 Å². The van der Waals surface area contributed by atoms with Crippen molar-refractivity contribution in [2.45, 2.75) is 20.0 Å². The van der Waals surface area contributed by atoms with E-state index in [2.05, 4.69) is 10.5 Å². The molecule has 0 saturated carbocycles. The first-order chi connectivity index (χ1) is 12.5. The minimum atomic E-state index is -0.986. The van der Waals surface area contributed by atoms with Crippen LogP contribution in [0.1, 0.15) is 22.4 Å². The van der Waals surface area contributed by atoms with Gasteiger partial charge in [-0.3, -0.25) is 10.1 Å². The lowest BCUT2D eigenvalue weighted by atomic mass is 10.2. The number of anilines is 1. The molecule has 3 aromatic heterocycles. The van der Waals surface area contributed by atoms with Gasteiger partial charge in [0.1, 0.15) is 0 Å². The van der Waals surface area contributed by atoms with E-state index >= 15 is 0 Å². The van der Waals surface area contributed by atoms with E-state index in [1.807, 2.05) is 35.0 Å². The van der Waals surface area contributed by atoms with Crippen LogP contribution in [0.5, 0.6) is 0 Å². The highest BCUT2D eigenvalue weighted by Crippen LogP contribution is 2.26. The Hall–Kier alpha value is -2.71. The van der Waals surface area contributed by atoms with Gasteiger partial charge in [-0.2, -0.15) is 0 Å². The molecule has 0 aliphatic rings. The van der Waals surface area contributed by atoms with Gasteiger partial charge in [0.25, 0.3) is 5.91 Å². The van der Waals surface area contributed by atoms with Crippen LogP contribution in [0, 0.1) is 6.92 Å². The minimum Gasteiger partial charge on any atom is -0.449 e. The maximum absolute atomic E-state index is 12.6. The first kappa shape index (κ1) is 18.1. The fourth-order valence-corrected chi connectivity index (χ4v) is 3.49. The van der Waals surface area contributed by atoms with Crippen LogP contribution in [0.2, 0.25) is 0 Å². The van der Waals surface area contributed by atoms with E-state index in [0.29, 0.717) is 11.3 Å². The largest absolute Gasteiger partial charge is 0.449 e. The van der Waals surface area contributed by atoms with Crippen molar-refractivity contribution in [2.75, 3.05) is 5.32 Å². The molecule has 8 heteroatoms. The van der Waals surface area contributed by atoms with Crippen LogP contribution in [0.15, 0.2) is 45.6 Å². The molecule has 0 spiro atoms. The van der Waals surface area contributed by atoms with E-state index in [4.69, 9.17) is 9.26 Å². The van der Waals surface area contributed by atoms with Crippen LogP contribution in [-0.2, 0) is 14.3 Å². The number of carbonyl (C=O) groups excluding carboxylic acids is 2. The molecular weight excluding hydrogens is 372 g/mol. The Morgan fingerprint density at radius 3 is 2.65 bits per heavy atom. The first-order valence-electron chi connectivity index (χ1n) is 7.77. The fraction of sp³-hybridized carbons (Fsp3) is 0.167. The highest BCUT2D eigenvalue weighted by molar-refractivity contribution is 7.12. The maximum Gasteiger partial charge on any atom is 0.340 e. The molecule has 1 amide bonds. The maximum atomic E-state index is 12.6. The smallest absolute Gasteiger partial charge is 0.340 e. The molecule has 0 unspecified atom stereocenters. The lowest BCUT2D eigenvalue weighted by Gasteiger charge is -2.13. The van der Waals surface area contributed by atoms with Crippen LogP contribution >= 0.6 is 22.7 Å². The van der Waals surface area contributed by atoms with Crippen LogP contribution < -0.4 is 5.32 Å². The van der Waals surface area contributed by atoms with Gasteiger partial charge in [0.2, 0.25) is 5.88 Å². The Kier molecular flexibility index (Phi) is 5.65. The lowest BCUT2D eigenvalue weighted by molar-refractivity contribution is -0.147. The van der Waals surface area contributed by atoms with E-state index in [0.717, 1.165) is 9.75 Å². The summed E-state index contributed by atoms with van der Waals surface area (Å²) in [5, 5.41) is 10.0. The monoisotopic (exact) mass is 388 g/mol. The molecule has 0 radical (unpaired) electrons. The van der Waals surface area contributed by atoms with E-state index in [-0.39, 0.29) is 5.88 Å². The van der Waals surface area contributed by atoms with E-state index in [1.54, 1.807) is 19.1 Å². The number of nitrogens with one attached hydrogen (secondary N) is 1. The number of rotatable bonds is 6. The second-order valence-corrected chi connectivity index (χ2v) is 7.35. The average Bonchev–Trinajstić information content (AvgIpc) is 3.35. The molecule has 0 aliphatic heterocycles. The molecule has 6 nitrogen and oxygen atoms in total. The van der Waals surface area contributed by atoms with Gasteiger partial charge in [-0.05, 0) is 42.8 Å². The third-order valence-corrected chi connectivity index (χ3v) is 5.09. The molecule has 3 heterocycles. The Morgan fingerprint density at radius 2 is 2.04 bits per heavy atom. The van der Waals surface area contributed by atoms with Gasteiger partial charge in [-0.25, -0.2) is 4.79 Å². The van der Waals surface area contributed by atoms with Gasteiger partial charge in [-0.1, -0.05) is 17.3 Å². The number of hydrogen-bond donors (Lipinski definition) is 1. The number of aromatic nitrogens is 1. The minimum absolute atomic E-state index is 0.211. The second-order valence-electron chi connectivity index (χ2n) is 5.42. The summed E-state index contributed by atoms with van der Waals surface area (Å²) in [5.41, 5.74) is 1.06. The van der Waals surface area contributed by atoms with Crippen molar-refractivity contribution in [3.8, 4) is 0 Å². The van der Waals surface area contributed by atoms with Gasteiger partial charge in [0, 0.05) is 15.8 Å². The number of hydrogen-bond acceptors (Lipinski definition) is 7. The number of aryl methyl sites for hydroxylation is 1. The third-order valence-electron chi connectivity index (χ3n) is 3.36. The molecular formula is C18H16N2O4S2. The summed E-state index contributed by atoms with van der Waals surface area (Å²) < 4.78 is 10.3. The molecule has 3 aromatic rings. The molecule has 0 fully saturated rings. The first-order valence-corrected chi connectivity index (χ1v) is 9.53. The van der Waals surface area contributed by atoms with Gasteiger partial charge in [0.05, 0.1) is 11.3 Å². The number of nitrogens with zero attached hydrogens (tertiary/aromatic N) is 1. The zero-order valence-electron chi connectivity index (χ0n) is 14.1. The Morgan fingerprint density at radius 1 is 1.27 bits per heavy atom. The Labute approximate surface area is 158 Å². The molecule has 3 rings (SSSR count). The predicted molar refractivity (Wildman–Crippen MR) is 102 cm³/mol. The van der Waals surface area contributed by atoms with Crippen LogP contribution in [0.25, 0.3) is 11.6 Å². The Balaban J connectivity index is 1.72. The van der Waals surface area contributed by atoms with E-state index < -0.39 is 18.0 Å². The normalized spacial score (nSPS) is 12.6. The summed E-state index contributed by atoms with van der Waals surface area (Å²) in [4.78, 5) is 26.5. The van der Waals surface area contributed by atoms with E-state index in [9.17, 15) is 9.59 Å². The third kappa shape index (κ3) is 4.47. The number of esters is 1. The van der Waals surface area contributed by atoms with Gasteiger partial charge in [0.15, 0.2) is 6.10 Å². The summed E-state index contributed by atoms with van der Waals surface area (Å²) >= 11 is 2.95. The zero-order valence-corrected chi connectivity index (χ0v) is 15.7.